The van der Waals surface area contributed by atoms with Gasteiger partial charge in [0.1, 0.15) is 5.60 Å². The van der Waals surface area contributed by atoms with Crippen molar-refractivity contribution in [3.8, 4) is 11.8 Å². The van der Waals surface area contributed by atoms with E-state index >= 15 is 0 Å². The second-order valence-electron chi connectivity index (χ2n) is 7.88. The summed E-state index contributed by atoms with van der Waals surface area (Å²) in [6.07, 6.45) is 0.994. The number of pyridine rings is 1. The van der Waals surface area contributed by atoms with Gasteiger partial charge in [0.05, 0.1) is 0 Å². The van der Waals surface area contributed by atoms with Gasteiger partial charge in [0.25, 0.3) is 11.5 Å². The summed E-state index contributed by atoms with van der Waals surface area (Å²) in [4.78, 5) is 26.8. The minimum absolute atomic E-state index is 0.0306. The van der Waals surface area contributed by atoms with Crippen molar-refractivity contribution >= 4 is 5.91 Å². The maximum Gasteiger partial charge on any atom is 0.289 e. The fourth-order valence-electron chi connectivity index (χ4n) is 3.95. The topological polar surface area (TPSA) is 75.7 Å². The van der Waals surface area contributed by atoms with Gasteiger partial charge in [-0.2, -0.15) is 0 Å². The number of aliphatic hydroxyl groups is 1. The molecule has 2 aromatic rings. The molecule has 1 N–H and O–H groups in total. The lowest BCUT2D eigenvalue weighted by Crippen LogP contribution is -2.49. The van der Waals surface area contributed by atoms with E-state index in [-0.39, 0.29) is 29.1 Å². The predicted octanol–water partition coefficient (Wildman–Crippen LogP) is 1.82. The van der Waals surface area contributed by atoms with Crippen molar-refractivity contribution in [1.29, 1.82) is 0 Å². The van der Waals surface area contributed by atoms with Crippen LogP contribution in [0.2, 0.25) is 0 Å². The van der Waals surface area contributed by atoms with Crippen molar-refractivity contribution in [3.05, 3.63) is 57.9 Å². The van der Waals surface area contributed by atoms with E-state index in [4.69, 9.17) is 4.42 Å². The molecule has 4 heterocycles. The number of hydrogen-bond donors (Lipinski definition) is 1. The molecular formula is C21H22N2O4. The zero-order valence-corrected chi connectivity index (χ0v) is 15.4. The number of hydrogen-bond acceptors (Lipinski definition) is 4. The smallest absolute Gasteiger partial charge is 0.289 e. The van der Waals surface area contributed by atoms with Crippen LogP contribution >= 0.6 is 0 Å². The van der Waals surface area contributed by atoms with Crippen molar-refractivity contribution in [3.63, 3.8) is 0 Å². The summed E-state index contributed by atoms with van der Waals surface area (Å²) in [6.45, 7) is 5.01. The maximum atomic E-state index is 12.9. The molecule has 0 aliphatic carbocycles. The third-order valence-corrected chi connectivity index (χ3v) is 5.08. The van der Waals surface area contributed by atoms with Gasteiger partial charge in [0, 0.05) is 37.3 Å². The first-order valence-corrected chi connectivity index (χ1v) is 9.14. The molecule has 0 saturated carbocycles. The predicted molar refractivity (Wildman–Crippen MR) is 99.3 cm³/mol. The van der Waals surface area contributed by atoms with E-state index in [1.807, 2.05) is 15.5 Å². The van der Waals surface area contributed by atoms with E-state index in [0.29, 0.717) is 25.4 Å². The van der Waals surface area contributed by atoms with Crippen molar-refractivity contribution in [1.82, 2.24) is 9.47 Å². The van der Waals surface area contributed by atoms with Gasteiger partial charge < -0.3 is 19.0 Å². The first-order valence-electron chi connectivity index (χ1n) is 9.14. The second-order valence-corrected chi connectivity index (χ2v) is 7.88. The molecule has 1 fully saturated rings. The highest BCUT2D eigenvalue weighted by Gasteiger charge is 2.37. The number of amides is 1. The molecule has 2 atom stereocenters. The highest BCUT2D eigenvalue weighted by Crippen LogP contribution is 2.35. The molecule has 140 valence electrons. The summed E-state index contributed by atoms with van der Waals surface area (Å²) in [5, 5.41) is 9.68. The van der Waals surface area contributed by atoms with Crippen LogP contribution in [0.3, 0.4) is 0 Å². The molecule has 2 bridgehead atoms. The Kier molecular flexibility index (Phi) is 4.20. The highest BCUT2D eigenvalue weighted by molar-refractivity contribution is 5.91. The molecular weight excluding hydrogens is 344 g/mol. The Hall–Kier alpha value is -2.78. The summed E-state index contributed by atoms with van der Waals surface area (Å²) in [5.41, 5.74) is -0.0808. The summed E-state index contributed by atoms with van der Waals surface area (Å²) >= 11 is 0. The van der Waals surface area contributed by atoms with Crippen molar-refractivity contribution < 1.29 is 14.3 Å². The zero-order chi connectivity index (χ0) is 19.2. The monoisotopic (exact) mass is 366 g/mol. The minimum atomic E-state index is -1.12. The van der Waals surface area contributed by atoms with Crippen LogP contribution in [0.25, 0.3) is 0 Å². The fourth-order valence-corrected chi connectivity index (χ4v) is 3.95. The maximum absolute atomic E-state index is 12.9. The summed E-state index contributed by atoms with van der Waals surface area (Å²) in [6, 6.07) is 8.63. The largest absolute Gasteiger partial charge is 0.443 e. The van der Waals surface area contributed by atoms with Gasteiger partial charge in [-0.1, -0.05) is 12.0 Å². The number of fused-ring (bicyclic) bond motifs is 4. The van der Waals surface area contributed by atoms with E-state index in [1.54, 1.807) is 38.1 Å². The Balaban J connectivity index is 1.54. The molecule has 0 aromatic carbocycles. The molecule has 6 nitrogen and oxygen atoms in total. The van der Waals surface area contributed by atoms with E-state index < -0.39 is 5.60 Å². The molecule has 4 rings (SSSR count). The number of rotatable bonds is 1. The lowest BCUT2D eigenvalue weighted by Gasteiger charge is -2.42. The minimum Gasteiger partial charge on any atom is -0.443 e. The van der Waals surface area contributed by atoms with Gasteiger partial charge in [-0.3, -0.25) is 9.59 Å². The molecule has 6 heteroatoms. The van der Waals surface area contributed by atoms with Gasteiger partial charge in [-0.15, -0.1) is 0 Å². The van der Waals surface area contributed by atoms with Crippen LogP contribution in [0, 0.1) is 17.8 Å². The Morgan fingerprint density at radius 3 is 2.81 bits per heavy atom. The number of piperidine rings is 1. The third-order valence-electron chi connectivity index (χ3n) is 5.08. The summed E-state index contributed by atoms with van der Waals surface area (Å²) in [5.74, 6) is 6.30. The van der Waals surface area contributed by atoms with Crippen molar-refractivity contribution in [2.24, 2.45) is 5.92 Å². The molecule has 27 heavy (non-hydrogen) atoms. The molecule has 2 aliphatic heterocycles. The lowest BCUT2D eigenvalue weighted by molar-refractivity contribution is 0.0563. The van der Waals surface area contributed by atoms with E-state index in [9.17, 15) is 14.7 Å². The molecule has 0 radical (unpaired) electrons. The van der Waals surface area contributed by atoms with Crippen LogP contribution < -0.4 is 5.56 Å². The van der Waals surface area contributed by atoms with Crippen LogP contribution in [0.4, 0.5) is 0 Å². The second kappa shape index (κ2) is 6.43. The first kappa shape index (κ1) is 17.6. The van der Waals surface area contributed by atoms with Crippen molar-refractivity contribution in [2.75, 3.05) is 13.1 Å². The van der Waals surface area contributed by atoms with E-state index in [0.717, 1.165) is 12.1 Å². The number of carbonyl (C=O) groups excluding carboxylic acids is 1. The molecule has 0 spiro atoms. The molecule has 2 aliphatic rings. The number of nitrogens with zero attached hydrogens (tertiary/aromatic N) is 2. The van der Waals surface area contributed by atoms with Gasteiger partial charge in [-0.25, -0.2) is 0 Å². The van der Waals surface area contributed by atoms with Crippen LogP contribution in [0.5, 0.6) is 0 Å². The van der Waals surface area contributed by atoms with Crippen LogP contribution in [-0.4, -0.2) is 39.2 Å². The average molecular weight is 366 g/mol. The Bertz CT molecular complexity index is 999. The van der Waals surface area contributed by atoms with Gasteiger partial charge >= 0.3 is 0 Å². The van der Waals surface area contributed by atoms with Gasteiger partial charge in [0.2, 0.25) is 0 Å². The lowest BCUT2D eigenvalue weighted by atomic mass is 9.83. The first-order chi connectivity index (χ1) is 12.8. The van der Waals surface area contributed by atoms with Crippen LogP contribution in [-0.2, 0) is 6.54 Å². The van der Waals surface area contributed by atoms with E-state index in [2.05, 4.69) is 11.8 Å². The van der Waals surface area contributed by atoms with Crippen LogP contribution in [0.15, 0.2) is 39.5 Å². The molecule has 0 unspecified atom stereocenters. The standard InChI is InChI=1S/C21H22N2O4/c1-21(2,26)9-8-16-6-7-18(27-16)20(25)22-11-14-10-15(13-22)17-4-3-5-19(24)23(17)12-14/h3-7,14-15,26H,10-13H2,1-2H3/t14-,15+/m0/s1. The quantitative estimate of drug-likeness (QED) is 0.781. The van der Waals surface area contributed by atoms with Crippen LogP contribution in [0.1, 0.15) is 48.2 Å². The Labute approximate surface area is 157 Å². The molecule has 1 saturated heterocycles. The number of carbonyl (C=O) groups is 1. The molecule has 2 aromatic heterocycles. The molecule has 1 amide bonds. The normalized spacial score (nSPS) is 21.2. The number of likely N-dealkylation sites (tertiary alicyclic amines) is 1. The van der Waals surface area contributed by atoms with E-state index in [1.165, 1.54) is 0 Å². The number of furan rings is 1. The zero-order valence-electron chi connectivity index (χ0n) is 15.4. The third kappa shape index (κ3) is 3.56. The summed E-state index contributed by atoms with van der Waals surface area (Å²) in [7, 11) is 0. The van der Waals surface area contributed by atoms with Gasteiger partial charge in [0.15, 0.2) is 11.5 Å². The average Bonchev–Trinajstić information content (AvgIpc) is 3.09. The Morgan fingerprint density at radius 1 is 1.22 bits per heavy atom. The van der Waals surface area contributed by atoms with Crippen molar-refractivity contribution in [2.45, 2.75) is 38.3 Å². The Morgan fingerprint density at radius 2 is 2.04 bits per heavy atom. The number of aromatic nitrogens is 1. The fraction of sp³-hybridized carbons (Fsp3) is 0.429. The SMILES string of the molecule is CC(C)(O)C#Cc1ccc(C(=O)N2C[C@@H]3C[C@H](C2)c2cccc(=O)n2C3)o1. The van der Waals surface area contributed by atoms with Gasteiger partial charge in [-0.05, 0) is 50.3 Å². The highest BCUT2D eigenvalue weighted by atomic mass is 16.4. The summed E-state index contributed by atoms with van der Waals surface area (Å²) < 4.78 is 7.42.